The predicted molar refractivity (Wildman–Crippen MR) is 115 cm³/mol. The van der Waals surface area contributed by atoms with Crippen molar-refractivity contribution in [2.24, 2.45) is 5.41 Å². The average Bonchev–Trinajstić information content (AvgIpc) is 2.70. The monoisotopic (exact) mass is 417 g/mol. The molecule has 1 unspecified atom stereocenters. The fraction of sp³-hybridized carbons (Fsp3) is 0.565. The van der Waals surface area contributed by atoms with Crippen molar-refractivity contribution >= 4 is 10.3 Å². The van der Waals surface area contributed by atoms with Crippen molar-refractivity contribution in [3.8, 4) is 17.6 Å². The second-order valence-corrected chi connectivity index (χ2v) is 9.45. The summed E-state index contributed by atoms with van der Waals surface area (Å²) in [6, 6.07) is 7.58. The van der Waals surface area contributed by atoms with Crippen LogP contribution in [0.2, 0.25) is 0 Å². The SMILES string of the molecule is CC#CC(CNS(=O)(=O)O)c1ccc(OCC2=CC3(CCCCC3)CCC2)cc1. The highest BCUT2D eigenvalue weighted by atomic mass is 32.2. The number of ether oxygens (including phenoxy) is 1. The molecular weight excluding hydrogens is 386 g/mol. The molecule has 5 nitrogen and oxygen atoms in total. The van der Waals surface area contributed by atoms with E-state index in [9.17, 15) is 8.42 Å². The van der Waals surface area contributed by atoms with Gasteiger partial charge in [-0.3, -0.25) is 4.55 Å². The van der Waals surface area contributed by atoms with E-state index in [1.807, 2.05) is 24.3 Å². The number of hydrogen-bond donors (Lipinski definition) is 2. The molecule has 158 valence electrons. The molecule has 1 atom stereocenters. The first-order chi connectivity index (χ1) is 13.9. The highest BCUT2D eigenvalue weighted by molar-refractivity contribution is 7.83. The minimum absolute atomic E-state index is 0.0227. The van der Waals surface area contributed by atoms with Gasteiger partial charge in [0.05, 0.1) is 5.92 Å². The molecule has 1 fully saturated rings. The lowest BCUT2D eigenvalue weighted by molar-refractivity contribution is 0.216. The topological polar surface area (TPSA) is 75.6 Å². The summed E-state index contributed by atoms with van der Waals surface area (Å²) in [7, 11) is -4.24. The van der Waals surface area contributed by atoms with Crippen LogP contribution in [0.1, 0.15) is 69.8 Å². The van der Waals surface area contributed by atoms with Crippen LogP contribution in [0.4, 0.5) is 0 Å². The minimum atomic E-state index is -4.24. The summed E-state index contributed by atoms with van der Waals surface area (Å²) in [6.45, 7) is 2.35. The number of nitrogens with one attached hydrogen (secondary N) is 1. The van der Waals surface area contributed by atoms with Crippen molar-refractivity contribution in [1.82, 2.24) is 4.72 Å². The highest BCUT2D eigenvalue weighted by Crippen LogP contribution is 2.45. The Hall–Kier alpha value is -1.81. The Labute approximate surface area is 174 Å². The van der Waals surface area contributed by atoms with Crippen LogP contribution in [0.15, 0.2) is 35.9 Å². The molecule has 2 aliphatic carbocycles. The van der Waals surface area contributed by atoms with Gasteiger partial charge >= 0.3 is 10.3 Å². The van der Waals surface area contributed by atoms with Crippen LogP contribution < -0.4 is 9.46 Å². The van der Waals surface area contributed by atoms with E-state index in [2.05, 4.69) is 22.6 Å². The quantitative estimate of drug-likeness (QED) is 0.385. The summed E-state index contributed by atoms with van der Waals surface area (Å²) in [5.41, 5.74) is 2.71. The molecule has 1 aromatic carbocycles. The van der Waals surface area contributed by atoms with Gasteiger partial charge in [-0.25, -0.2) is 0 Å². The molecule has 0 radical (unpaired) electrons. The smallest absolute Gasteiger partial charge is 0.333 e. The Kier molecular flexibility index (Phi) is 7.39. The van der Waals surface area contributed by atoms with E-state index in [0.29, 0.717) is 12.0 Å². The van der Waals surface area contributed by atoms with Crippen LogP contribution in [-0.2, 0) is 10.3 Å². The first-order valence-electron chi connectivity index (χ1n) is 10.5. The first-order valence-corrected chi connectivity index (χ1v) is 11.9. The largest absolute Gasteiger partial charge is 0.489 e. The van der Waals surface area contributed by atoms with Crippen molar-refractivity contribution in [3.63, 3.8) is 0 Å². The molecule has 1 spiro atoms. The lowest BCUT2D eigenvalue weighted by atomic mass is 9.67. The first kappa shape index (κ1) is 21.9. The fourth-order valence-corrected chi connectivity index (χ4v) is 4.97. The van der Waals surface area contributed by atoms with Crippen LogP contribution >= 0.6 is 0 Å². The lowest BCUT2D eigenvalue weighted by Gasteiger charge is -2.38. The Bertz CT molecular complexity index is 872. The Balaban J connectivity index is 1.60. The summed E-state index contributed by atoms with van der Waals surface area (Å²) in [5.74, 6) is 6.24. The zero-order chi connectivity index (χ0) is 20.7. The maximum absolute atomic E-state index is 10.9. The van der Waals surface area contributed by atoms with Gasteiger partial charge in [-0.1, -0.05) is 43.4 Å². The molecule has 1 saturated carbocycles. The molecule has 0 aromatic heterocycles. The Morgan fingerprint density at radius 3 is 2.48 bits per heavy atom. The lowest BCUT2D eigenvalue weighted by Crippen LogP contribution is -2.27. The summed E-state index contributed by atoms with van der Waals surface area (Å²) >= 11 is 0. The number of allylic oxidation sites excluding steroid dienone is 1. The van der Waals surface area contributed by atoms with Crippen molar-refractivity contribution in [2.75, 3.05) is 13.2 Å². The number of benzene rings is 1. The molecule has 0 heterocycles. The van der Waals surface area contributed by atoms with E-state index in [1.165, 1.54) is 50.5 Å². The summed E-state index contributed by atoms with van der Waals surface area (Å²) in [6.07, 6.45) is 12.9. The van der Waals surface area contributed by atoms with E-state index < -0.39 is 10.3 Å². The summed E-state index contributed by atoms with van der Waals surface area (Å²) in [5, 5.41) is 0. The third-order valence-corrected chi connectivity index (χ3v) is 6.56. The van der Waals surface area contributed by atoms with Crippen molar-refractivity contribution in [2.45, 2.75) is 64.2 Å². The summed E-state index contributed by atoms with van der Waals surface area (Å²) in [4.78, 5) is 0. The van der Waals surface area contributed by atoms with Gasteiger partial charge in [0.15, 0.2) is 0 Å². The van der Waals surface area contributed by atoms with Gasteiger partial charge in [0.1, 0.15) is 12.4 Å². The van der Waals surface area contributed by atoms with E-state index in [0.717, 1.165) is 17.7 Å². The molecule has 1 aromatic rings. The molecule has 0 saturated heterocycles. The minimum Gasteiger partial charge on any atom is -0.489 e. The van der Waals surface area contributed by atoms with Crippen LogP contribution in [0, 0.1) is 17.3 Å². The van der Waals surface area contributed by atoms with Gasteiger partial charge in [-0.05, 0) is 67.7 Å². The van der Waals surface area contributed by atoms with Gasteiger partial charge < -0.3 is 4.74 Å². The molecule has 0 bridgehead atoms. The van der Waals surface area contributed by atoms with E-state index in [1.54, 1.807) is 6.92 Å². The third-order valence-electron chi connectivity index (χ3n) is 6.03. The Morgan fingerprint density at radius 2 is 1.83 bits per heavy atom. The van der Waals surface area contributed by atoms with E-state index in [-0.39, 0.29) is 12.5 Å². The zero-order valence-corrected chi connectivity index (χ0v) is 17.9. The van der Waals surface area contributed by atoms with Gasteiger partial charge in [0, 0.05) is 6.54 Å². The van der Waals surface area contributed by atoms with Crippen LogP contribution in [-0.4, -0.2) is 26.1 Å². The summed E-state index contributed by atoms with van der Waals surface area (Å²) < 4.78 is 38.9. The van der Waals surface area contributed by atoms with Crippen molar-refractivity contribution in [1.29, 1.82) is 0 Å². The number of hydrogen-bond acceptors (Lipinski definition) is 3. The van der Waals surface area contributed by atoms with Gasteiger partial charge in [0.25, 0.3) is 0 Å². The number of rotatable bonds is 7. The normalized spacial score (nSPS) is 19.7. The van der Waals surface area contributed by atoms with Crippen LogP contribution in [0.25, 0.3) is 0 Å². The Morgan fingerprint density at radius 1 is 1.14 bits per heavy atom. The molecule has 3 rings (SSSR count). The second-order valence-electron chi connectivity index (χ2n) is 8.21. The molecule has 0 aliphatic heterocycles. The molecule has 6 heteroatoms. The predicted octanol–water partition coefficient (Wildman–Crippen LogP) is 4.63. The van der Waals surface area contributed by atoms with Crippen molar-refractivity contribution < 1.29 is 17.7 Å². The average molecular weight is 418 g/mol. The highest BCUT2D eigenvalue weighted by Gasteiger charge is 2.32. The molecule has 2 aliphatic rings. The maximum atomic E-state index is 10.9. The maximum Gasteiger partial charge on any atom is 0.333 e. The third kappa shape index (κ3) is 6.60. The van der Waals surface area contributed by atoms with Gasteiger partial charge in [-0.2, -0.15) is 13.1 Å². The van der Waals surface area contributed by atoms with Gasteiger partial charge in [-0.15, -0.1) is 5.92 Å². The van der Waals surface area contributed by atoms with Gasteiger partial charge in [0.2, 0.25) is 0 Å². The molecule has 2 N–H and O–H groups in total. The van der Waals surface area contributed by atoms with Crippen LogP contribution in [0.5, 0.6) is 5.75 Å². The van der Waals surface area contributed by atoms with E-state index in [4.69, 9.17) is 9.29 Å². The second kappa shape index (κ2) is 9.80. The molecular formula is C23H31NO4S. The van der Waals surface area contributed by atoms with Crippen molar-refractivity contribution in [3.05, 3.63) is 41.5 Å². The zero-order valence-electron chi connectivity index (χ0n) is 17.1. The van der Waals surface area contributed by atoms with E-state index >= 15 is 0 Å². The molecule has 29 heavy (non-hydrogen) atoms. The fourth-order valence-electron chi connectivity index (χ4n) is 4.60. The standard InChI is InChI=1S/C23H31NO4S/c1-2-7-21(17-24-29(25,26)27)20-9-11-22(12-10-20)28-18-19-8-6-15-23(16-19)13-4-3-5-14-23/h9-12,16,21,24H,3-6,8,13-15,17-18H2,1H3,(H,25,26,27). The van der Waals surface area contributed by atoms with Crippen LogP contribution in [0.3, 0.4) is 0 Å². The molecule has 0 amide bonds.